The Morgan fingerprint density at radius 3 is 2.51 bits per heavy atom. The zero-order chi connectivity index (χ0) is 25.5. The number of Topliss-reactive ketones (excluding diaryl/α,β-unsaturated/α-hetero) is 1. The number of esters is 1. The van der Waals surface area contributed by atoms with Crippen LogP contribution in [-0.4, -0.2) is 80.7 Å². The van der Waals surface area contributed by atoms with E-state index in [9.17, 15) is 35.1 Å². The minimum Gasteiger partial charge on any atom is -0.432 e. The molecule has 5 aliphatic rings. The lowest BCUT2D eigenvalue weighted by Gasteiger charge is -2.63. The Bertz CT molecular complexity index is 918. The number of hydrogen-bond acceptors (Lipinski definition) is 9. The predicted octanol–water partition coefficient (Wildman–Crippen LogP) is 0.448. The van der Waals surface area contributed by atoms with Crippen LogP contribution in [-0.2, 0) is 19.1 Å². The first-order valence-corrected chi connectivity index (χ1v) is 12.8. The van der Waals surface area contributed by atoms with E-state index in [0.717, 1.165) is 12.8 Å². The van der Waals surface area contributed by atoms with Gasteiger partial charge in [0.2, 0.25) is 6.29 Å². The van der Waals surface area contributed by atoms with Crippen LogP contribution in [0.5, 0.6) is 0 Å². The summed E-state index contributed by atoms with van der Waals surface area (Å²) in [6.45, 7) is 7.37. The third-order valence-electron chi connectivity index (χ3n) is 10.5. The van der Waals surface area contributed by atoms with Crippen LogP contribution in [0.2, 0.25) is 0 Å². The van der Waals surface area contributed by atoms with Crippen LogP contribution in [0.4, 0.5) is 0 Å². The second-order valence-corrected chi connectivity index (χ2v) is 12.2. The second kappa shape index (κ2) is 8.33. The van der Waals surface area contributed by atoms with E-state index in [1.807, 2.05) is 6.92 Å². The van der Waals surface area contributed by atoms with Crippen LogP contribution in [0, 0.1) is 34.0 Å². The molecule has 0 aromatic carbocycles. The number of hydrogen-bond donors (Lipinski definition) is 5. The van der Waals surface area contributed by atoms with Gasteiger partial charge in [-0.3, -0.25) is 9.59 Å². The normalized spacial score (nSPS) is 53.6. The summed E-state index contributed by atoms with van der Waals surface area (Å²) in [6, 6.07) is 0. The molecule has 5 fully saturated rings. The number of carbonyl (C=O) groups excluding carboxylic acids is 2. The Morgan fingerprint density at radius 1 is 1.11 bits per heavy atom. The van der Waals surface area contributed by atoms with Crippen molar-refractivity contribution in [2.75, 3.05) is 6.61 Å². The van der Waals surface area contributed by atoms with Gasteiger partial charge in [0.15, 0.2) is 5.78 Å². The molecule has 1 heterocycles. The van der Waals surface area contributed by atoms with E-state index >= 15 is 0 Å². The smallest absolute Gasteiger partial charge is 0.314 e. The van der Waals surface area contributed by atoms with Crippen molar-refractivity contribution in [2.45, 2.75) is 95.6 Å². The summed E-state index contributed by atoms with van der Waals surface area (Å²) in [4.78, 5) is 27.1. The summed E-state index contributed by atoms with van der Waals surface area (Å²) < 4.78 is 11.0. The number of aliphatic hydroxyl groups excluding tert-OH is 5. The first-order chi connectivity index (χ1) is 16.4. The van der Waals surface area contributed by atoms with E-state index in [4.69, 9.17) is 9.47 Å². The maximum atomic E-state index is 13.7. The molecule has 0 amide bonds. The zero-order valence-electron chi connectivity index (χ0n) is 20.4. The van der Waals surface area contributed by atoms with Crippen LogP contribution < -0.4 is 0 Å². The summed E-state index contributed by atoms with van der Waals surface area (Å²) in [5, 5.41) is 51.3. The van der Waals surface area contributed by atoms with Crippen LogP contribution in [0.15, 0.2) is 12.2 Å². The number of allylic oxidation sites excluding steroid dienone is 1. The Balaban J connectivity index is 1.43. The van der Waals surface area contributed by atoms with E-state index in [0.29, 0.717) is 37.7 Å². The number of rotatable bonds is 3. The van der Waals surface area contributed by atoms with Crippen LogP contribution in [0.1, 0.15) is 58.8 Å². The Labute approximate surface area is 205 Å². The fourth-order valence-corrected chi connectivity index (χ4v) is 8.88. The molecule has 0 radical (unpaired) electrons. The van der Waals surface area contributed by atoms with Gasteiger partial charge < -0.3 is 35.0 Å². The molecule has 5 rings (SSSR count). The molecule has 12 atom stereocenters. The monoisotopic (exact) mass is 494 g/mol. The van der Waals surface area contributed by atoms with E-state index < -0.39 is 65.6 Å². The highest BCUT2D eigenvalue weighted by Crippen LogP contribution is 2.71. The molecule has 9 nitrogen and oxygen atoms in total. The number of carbonyl (C=O) groups is 2. The maximum Gasteiger partial charge on any atom is 0.314 e. The Hall–Kier alpha value is -1.36. The largest absolute Gasteiger partial charge is 0.432 e. The zero-order valence-corrected chi connectivity index (χ0v) is 20.4. The molecule has 1 spiro atoms. The van der Waals surface area contributed by atoms with E-state index in [1.165, 1.54) is 0 Å². The van der Waals surface area contributed by atoms with E-state index in [2.05, 4.69) is 13.5 Å². The first kappa shape index (κ1) is 25.3. The van der Waals surface area contributed by atoms with Gasteiger partial charge in [0, 0.05) is 11.3 Å². The average molecular weight is 495 g/mol. The summed E-state index contributed by atoms with van der Waals surface area (Å²) in [7, 11) is 0. The fourth-order valence-electron chi connectivity index (χ4n) is 8.88. The number of aliphatic hydroxyl groups is 5. The second-order valence-electron chi connectivity index (χ2n) is 12.2. The maximum absolute atomic E-state index is 13.7. The minimum atomic E-state index is -1.66. The molecular formula is C26H38O9. The van der Waals surface area contributed by atoms with Crippen LogP contribution in [0.3, 0.4) is 0 Å². The summed E-state index contributed by atoms with van der Waals surface area (Å²) in [5.41, 5.74) is -1.41. The molecule has 2 bridgehead atoms. The van der Waals surface area contributed by atoms with Crippen molar-refractivity contribution in [3.63, 3.8) is 0 Å². The number of fused-ring (bicyclic) bond motifs is 3. The van der Waals surface area contributed by atoms with Gasteiger partial charge in [-0.25, -0.2) is 0 Å². The molecular weight excluding hydrogens is 456 g/mol. The highest BCUT2D eigenvalue weighted by Gasteiger charge is 2.70. The van der Waals surface area contributed by atoms with Crippen molar-refractivity contribution in [2.24, 2.45) is 34.0 Å². The van der Waals surface area contributed by atoms with Crippen molar-refractivity contribution in [3.05, 3.63) is 12.2 Å². The minimum absolute atomic E-state index is 0.0278. The van der Waals surface area contributed by atoms with E-state index in [-0.39, 0.29) is 23.5 Å². The van der Waals surface area contributed by atoms with Crippen molar-refractivity contribution in [3.8, 4) is 0 Å². The molecule has 0 aromatic heterocycles. The van der Waals surface area contributed by atoms with Gasteiger partial charge in [0.25, 0.3) is 0 Å². The van der Waals surface area contributed by atoms with Crippen LogP contribution >= 0.6 is 0 Å². The predicted molar refractivity (Wildman–Crippen MR) is 121 cm³/mol. The molecule has 35 heavy (non-hydrogen) atoms. The van der Waals surface area contributed by atoms with Gasteiger partial charge in [-0.1, -0.05) is 19.9 Å². The SMILES string of the molecule is C=C1C(=O)[C@@]23CC[C@H]4[C@@](C)(CCC[C@@]4(C)C(=O)O[C@@H]4O[C@H](CO)[C@@H](O)[C@H](O)[C@H]4O)[C@@H]2[C@@H](O)CC1C3. The standard InChI is InChI=1S/C26H38O9/c1-12-13-9-14(28)20-24(2)6-4-7-25(3,16(24)5-8-26(20,10-13)21(12)32)23(33)35-22-19(31)18(30)17(29)15(11-27)34-22/h13-20,22,27-31H,1,4-11H2,2-3H3/t13?,14-,15+,16-,17+,18-,19+,20-,22-,24+,25+,26+/m0/s1. The molecule has 5 N–H and O–H groups in total. The Kier molecular flexibility index (Phi) is 6.02. The van der Waals surface area contributed by atoms with E-state index in [1.54, 1.807) is 0 Å². The van der Waals surface area contributed by atoms with Gasteiger partial charge in [-0.2, -0.15) is 0 Å². The van der Waals surface area contributed by atoms with Crippen molar-refractivity contribution >= 4 is 11.8 Å². The topological polar surface area (TPSA) is 154 Å². The summed E-state index contributed by atoms with van der Waals surface area (Å²) in [6.07, 6.45) is -3.67. The lowest BCUT2D eigenvalue weighted by Crippen LogP contribution is -2.64. The van der Waals surface area contributed by atoms with Crippen molar-refractivity contribution in [1.82, 2.24) is 0 Å². The summed E-state index contributed by atoms with van der Waals surface area (Å²) in [5.74, 6) is -0.903. The summed E-state index contributed by atoms with van der Waals surface area (Å²) >= 11 is 0. The van der Waals surface area contributed by atoms with Gasteiger partial charge in [0.1, 0.15) is 24.4 Å². The molecule has 1 aliphatic heterocycles. The average Bonchev–Trinajstić information content (AvgIpc) is 2.99. The molecule has 4 saturated carbocycles. The third-order valence-corrected chi connectivity index (χ3v) is 10.5. The third kappa shape index (κ3) is 3.35. The molecule has 196 valence electrons. The molecule has 1 saturated heterocycles. The lowest BCUT2D eigenvalue weighted by molar-refractivity contribution is -0.298. The Morgan fingerprint density at radius 2 is 1.83 bits per heavy atom. The molecule has 4 aliphatic carbocycles. The van der Waals surface area contributed by atoms with Crippen molar-refractivity contribution < 1.29 is 44.6 Å². The first-order valence-electron chi connectivity index (χ1n) is 12.8. The number of ketones is 1. The fraction of sp³-hybridized carbons (Fsp3) is 0.846. The van der Waals surface area contributed by atoms with Crippen molar-refractivity contribution in [1.29, 1.82) is 0 Å². The van der Waals surface area contributed by atoms with Gasteiger partial charge in [-0.05, 0) is 68.3 Å². The molecule has 9 heteroatoms. The van der Waals surface area contributed by atoms with Crippen LogP contribution in [0.25, 0.3) is 0 Å². The van der Waals surface area contributed by atoms with Gasteiger partial charge in [-0.15, -0.1) is 0 Å². The molecule has 1 unspecified atom stereocenters. The quantitative estimate of drug-likeness (QED) is 0.278. The van der Waals surface area contributed by atoms with Gasteiger partial charge >= 0.3 is 5.97 Å². The highest BCUT2D eigenvalue weighted by molar-refractivity contribution is 6.03. The van der Waals surface area contributed by atoms with Gasteiger partial charge in [0.05, 0.1) is 18.1 Å². The molecule has 0 aromatic rings. The lowest BCUT2D eigenvalue weighted by atomic mass is 9.40. The highest BCUT2D eigenvalue weighted by atomic mass is 16.7. The number of ether oxygens (including phenoxy) is 2.